The van der Waals surface area contributed by atoms with E-state index in [0.29, 0.717) is 12.2 Å². The minimum absolute atomic E-state index is 0.362. The molecule has 0 aliphatic heterocycles. The van der Waals surface area contributed by atoms with Crippen molar-refractivity contribution in [3.8, 4) is 0 Å². The number of carbonyl (C=O) groups excluding carboxylic acids is 1. The molecule has 1 rings (SSSR count). The van der Waals surface area contributed by atoms with Crippen LogP contribution < -0.4 is 5.32 Å². The standard InChI is InChI=1S/C12H17BrN2O4/c1-3-4-15-6-8(13)5-9(15)11(17)14-10(7(2)16)12(18)19/h5-7,10,16H,3-4H2,1-2H3,(H,14,17)(H,18,19)/t7-,10+/m1/s1. The molecule has 0 saturated heterocycles. The highest BCUT2D eigenvalue weighted by Gasteiger charge is 2.26. The van der Waals surface area contributed by atoms with Crippen LogP contribution >= 0.6 is 15.9 Å². The van der Waals surface area contributed by atoms with Crippen LogP contribution in [-0.2, 0) is 11.3 Å². The van der Waals surface area contributed by atoms with Crippen molar-refractivity contribution in [1.82, 2.24) is 9.88 Å². The van der Waals surface area contributed by atoms with Gasteiger partial charge >= 0.3 is 5.97 Å². The zero-order valence-corrected chi connectivity index (χ0v) is 12.3. The number of hydrogen-bond acceptors (Lipinski definition) is 3. The molecule has 3 N–H and O–H groups in total. The fourth-order valence-corrected chi connectivity index (χ4v) is 2.16. The van der Waals surface area contributed by atoms with Crippen molar-refractivity contribution in [2.45, 2.75) is 39.0 Å². The van der Waals surface area contributed by atoms with E-state index in [2.05, 4.69) is 21.2 Å². The summed E-state index contributed by atoms with van der Waals surface area (Å²) >= 11 is 3.28. The number of nitrogens with one attached hydrogen (secondary N) is 1. The van der Waals surface area contributed by atoms with Crippen molar-refractivity contribution < 1.29 is 19.8 Å². The van der Waals surface area contributed by atoms with E-state index in [4.69, 9.17) is 5.11 Å². The number of rotatable bonds is 6. The molecule has 7 heteroatoms. The van der Waals surface area contributed by atoms with Gasteiger partial charge in [-0.1, -0.05) is 6.92 Å². The van der Waals surface area contributed by atoms with E-state index >= 15 is 0 Å². The Labute approximate surface area is 119 Å². The Hall–Kier alpha value is -1.34. The lowest BCUT2D eigenvalue weighted by Crippen LogP contribution is -2.48. The number of carboxylic acid groups (broad SMARTS) is 1. The first-order chi connectivity index (χ1) is 8.86. The number of hydrogen-bond donors (Lipinski definition) is 3. The predicted molar refractivity (Wildman–Crippen MR) is 73.0 cm³/mol. The molecule has 1 aromatic heterocycles. The van der Waals surface area contributed by atoms with E-state index < -0.39 is 24.0 Å². The van der Waals surface area contributed by atoms with E-state index in [0.717, 1.165) is 10.9 Å². The Morgan fingerprint density at radius 3 is 2.63 bits per heavy atom. The minimum Gasteiger partial charge on any atom is -0.480 e. The SMILES string of the molecule is CCCn1cc(Br)cc1C(=O)N[C@H](C(=O)O)[C@@H](C)O. The van der Waals surface area contributed by atoms with Crippen LogP contribution in [0.5, 0.6) is 0 Å². The molecular weight excluding hydrogens is 316 g/mol. The molecule has 0 aliphatic carbocycles. The fourth-order valence-electron chi connectivity index (χ4n) is 1.69. The van der Waals surface area contributed by atoms with Gasteiger partial charge in [-0.25, -0.2) is 4.79 Å². The van der Waals surface area contributed by atoms with Gasteiger partial charge < -0.3 is 20.1 Å². The normalized spacial score (nSPS) is 13.9. The van der Waals surface area contributed by atoms with Crippen molar-refractivity contribution in [3.05, 3.63) is 22.4 Å². The monoisotopic (exact) mass is 332 g/mol. The molecule has 1 amide bonds. The molecule has 1 heterocycles. The summed E-state index contributed by atoms with van der Waals surface area (Å²) in [5, 5.41) is 20.6. The van der Waals surface area contributed by atoms with Crippen molar-refractivity contribution >= 4 is 27.8 Å². The Morgan fingerprint density at radius 1 is 1.53 bits per heavy atom. The molecule has 0 fully saturated rings. The van der Waals surface area contributed by atoms with E-state index in [1.807, 2.05) is 6.92 Å². The molecule has 0 radical (unpaired) electrons. The van der Waals surface area contributed by atoms with Crippen LogP contribution in [0.25, 0.3) is 0 Å². The summed E-state index contributed by atoms with van der Waals surface area (Å²) < 4.78 is 2.48. The average molecular weight is 333 g/mol. The van der Waals surface area contributed by atoms with Crippen LogP contribution in [-0.4, -0.2) is 38.8 Å². The molecule has 106 valence electrons. The number of carboxylic acids is 1. The maximum Gasteiger partial charge on any atom is 0.328 e. The maximum absolute atomic E-state index is 12.0. The van der Waals surface area contributed by atoms with Crippen LogP contribution in [0.1, 0.15) is 30.8 Å². The third-order valence-electron chi connectivity index (χ3n) is 2.60. The number of aliphatic hydroxyl groups excluding tert-OH is 1. The van der Waals surface area contributed by atoms with Crippen molar-refractivity contribution in [2.75, 3.05) is 0 Å². The second-order valence-corrected chi connectivity index (χ2v) is 5.18. The summed E-state index contributed by atoms with van der Waals surface area (Å²) in [7, 11) is 0. The molecule has 1 aromatic rings. The third kappa shape index (κ3) is 4.07. The topological polar surface area (TPSA) is 91.6 Å². The van der Waals surface area contributed by atoms with Gasteiger partial charge in [-0.05, 0) is 35.3 Å². The van der Waals surface area contributed by atoms with Gasteiger partial charge in [-0.15, -0.1) is 0 Å². The number of aromatic nitrogens is 1. The van der Waals surface area contributed by atoms with Gasteiger partial charge in [-0.2, -0.15) is 0 Å². The molecule has 19 heavy (non-hydrogen) atoms. The summed E-state index contributed by atoms with van der Waals surface area (Å²) in [6.45, 7) is 3.95. The molecule has 0 saturated carbocycles. The lowest BCUT2D eigenvalue weighted by molar-refractivity contribution is -0.141. The lowest BCUT2D eigenvalue weighted by Gasteiger charge is -2.17. The van der Waals surface area contributed by atoms with Gasteiger partial charge in [-0.3, -0.25) is 4.79 Å². The highest BCUT2D eigenvalue weighted by Crippen LogP contribution is 2.15. The van der Waals surface area contributed by atoms with Gasteiger partial charge in [0.15, 0.2) is 6.04 Å². The Morgan fingerprint density at radius 2 is 2.16 bits per heavy atom. The zero-order valence-electron chi connectivity index (χ0n) is 10.8. The van der Waals surface area contributed by atoms with Crippen LogP contribution in [0.2, 0.25) is 0 Å². The first-order valence-corrected chi connectivity index (χ1v) is 6.73. The molecule has 0 unspecified atom stereocenters. The highest BCUT2D eigenvalue weighted by atomic mass is 79.9. The van der Waals surface area contributed by atoms with Gasteiger partial charge in [0.2, 0.25) is 0 Å². The molecule has 0 spiro atoms. The maximum atomic E-state index is 12.0. The molecule has 6 nitrogen and oxygen atoms in total. The molecule has 0 aromatic carbocycles. The van der Waals surface area contributed by atoms with Crippen LogP contribution in [0.4, 0.5) is 0 Å². The molecule has 0 bridgehead atoms. The summed E-state index contributed by atoms with van der Waals surface area (Å²) in [6, 6.07) is 0.294. The smallest absolute Gasteiger partial charge is 0.328 e. The number of halogens is 1. The lowest BCUT2D eigenvalue weighted by atomic mass is 10.2. The summed E-state index contributed by atoms with van der Waals surface area (Å²) in [6.07, 6.45) is 1.44. The van der Waals surface area contributed by atoms with Gasteiger partial charge in [0.05, 0.1) is 6.10 Å². The number of carbonyl (C=O) groups is 2. The first kappa shape index (κ1) is 15.7. The number of amides is 1. The number of aliphatic hydroxyl groups is 1. The zero-order chi connectivity index (χ0) is 14.6. The van der Waals surface area contributed by atoms with Crippen molar-refractivity contribution in [3.63, 3.8) is 0 Å². The third-order valence-corrected chi connectivity index (χ3v) is 3.03. The number of aliphatic carboxylic acids is 1. The molecule has 0 aliphatic rings. The van der Waals surface area contributed by atoms with E-state index in [-0.39, 0.29) is 0 Å². The number of nitrogens with zero attached hydrogens (tertiary/aromatic N) is 1. The Balaban J connectivity index is 2.91. The Kier molecular flexibility index (Phi) is 5.56. The van der Waals surface area contributed by atoms with Crippen LogP contribution in [0.15, 0.2) is 16.7 Å². The summed E-state index contributed by atoms with van der Waals surface area (Å²) in [5.74, 6) is -1.79. The fraction of sp³-hybridized carbons (Fsp3) is 0.500. The van der Waals surface area contributed by atoms with Crippen LogP contribution in [0, 0.1) is 0 Å². The van der Waals surface area contributed by atoms with Gasteiger partial charge in [0.25, 0.3) is 5.91 Å². The van der Waals surface area contributed by atoms with E-state index in [9.17, 15) is 14.7 Å². The second-order valence-electron chi connectivity index (χ2n) is 4.27. The second kappa shape index (κ2) is 6.72. The van der Waals surface area contributed by atoms with Gasteiger partial charge in [0, 0.05) is 17.2 Å². The van der Waals surface area contributed by atoms with Gasteiger partial charge in [0.1, 0.15) is 5.69 Å². The highest BCUT2D eigenvalue weighted by molar-refractivity contribution is 9.10. The average Bonchev–Trinajstić information content (AvgIpc) is 2.66. The predicted octanol–water partition coefficient (Wildman–Crippen LogP) is 1.22. The van der Waals surface area contributed by atoms with Crippen LogP contribution in [0.3, 0.4) is 0 Å². The first-order valence-electron chi connectivity index (χ1n) is 5.94. The van der Waals surface area contributed by atoms with E-state index in [1.165, 1.54) is 6.92 Å². The minimum atomic E-state index is -1.32. The van der Waals surface area contributed by atoms with E-state index in [1.54, 1.807) is 16.8 Å². The number of aryl methyl sites for hydroxylation is 1. The molecule has 2 atom stereocenters. The van der Waals surface area contributed by atoms with Crippen molar-refractivity contribution in [2.24, 2.45) is 0 Å². The molecular formula is C12H17BrN2O4. The van der Waals surface area contributed by atoms with Crippen molar-refractivity contribution in [1.29, 1.82) is 0 Å². The largest absolute Gasteiger partial charge is 0.480 e. The summed E-state index contributed by atoms with van der Waals surface area (Å²) in [5.41, 5.74) is 0.362. The quantitative estimate of drug-likeness (QED) is 0.730. The Bertz CT molecular complexity index is 470. The summed E-state index contributed by atoms with van der Waals surface area (Å²) in [4.78, 5) is 23.0.